The summed E-state index contributed by atoms with van der Waals surface area (Å²) in [6.07, 6.45) is 3.12. The Morgan fingerprint density at radius 2 is 1.83 bits per heavy atom. The van der Waals surface area contributed by atoms with Gasteiger partial charge in [0.25, 0.3) is 0 Å². The minimum Gasteiger partial charge on any atom is -0.383 e. The van der Waals surface area contributed by atoms with Crippen LogP contribution in [-0.2, 0) is 18.6 Å². The number of hydrogen-bond acceptors (Lipinski definition) is 5. The number of aliphatic hydroxyl groups is 1. The molecule has 0 aliphatic rings. The first-order valence-corrected chi connectivity index (χ1v) is 8.66. The van der Waals surface area contributed by atoms with Crippen LogP contribution >= 0.6 is 24.8 Å². The lowest BCUT2D eigenvalue weighted by molar-refractivity contribution is 0.0142. The van der Waals surface area contributed by atoms with Gasteiger partial charge in [-0.15, -0.1) is 24.8 Å². The summed E-state index contributed by atoms with van der Waals surface area (Å²) in [6.45, 7) is 0.145. The van der Waals surface area contributed by atoms with Crippen LogP contribution in [0.2, 0.25) is 0 Å². The van der Waals surface area contributed by atoms with Crippen LogP contribution in [0.1, 0.15) is 16.8 Å². The van der Waals surface area contributed by atoms with Gasteiger partial charge < -0.3 is 5.11 Å². The highest BCUT2D eigenvalue weighted by molar-refractivity contribution is 5.85. The van der Waals surface area contributed by atoms with E-state index in [4.69, 9.17) is 5.26 Å². The maximum atomic E-state index is 13.4. The molecule has 4 aromatic rings. The molecule has 9 heteroatoms. The molecule has 30 heavy (non-hydrogen) atoms. The van der Waals surface area contributed by atoms with E-state index in [1.54, 1.807) is 30.3 Å². The predicted octanol–water partition coefficient (Wildman–Crippen LogP) is 3.81. The number of halogens is 3. The molecular weight excluding hydrogens is 428 g/mol. The maximum Gasteiger partial charge on any atom is 0.137 e. The van der Waals surface area contributed by atoms with Crippen LogP contribution < -0.4 is 0 Å². The van der Waals surface area contributed by atoms with Crippen molar-refractivity contribution < 1.29 is 9.50 Å². The van der Waals surface area contributed by atoms with Gasteiger partial charge in [-0.3, -0.25) is 4.98 Å². The van der Waals surface area contributed by atoms with Crippen molar-refractivity contribution in [3.05, 3.63) is 89.9 Å². The largest absolute Gasteiger partial charge is 0.383 e. The van der Waals surface area contributed by atoms with Gasteiger partial charge in [0.2, 0.25) is 0 Å². The fraction of sp³-hybridized carbons (Fsp3) is 0.143. The van der Waals surface area contributed by atoms with Gasteiger partial charge in [-0.2, -0.15) is 10.4 Å². The van der Waals surface area contributed by atoms with E-state index in [9.17, 15) is 9.50 Å². The Morgan fingerprint density at radius 1 is 1.07 bits per heavy atom. The second-order valence-electron chi connectivity index (χ2n) is 6.63. The van der Waals surface area contributed by atoms with Crippen molar-refractivity contribution in [2.24, 2.45) is 0 Å². The third kappa shape index (κ3) is 4.92. The topological polar surface area (TPSA) is 87.6 Å². The van der Waals surface area contributed by atoms with E-state index < -0.39 is 5.60 Å². The van der Waals surface area contributed by atoms with E-state index >= 15 is 0 Å². The van der Waals surface area contributed by atoms with Crippen LogP contribution in [-0.4, -0.2) is 24.9 Å². The minimum absolute atomic E-state index is 0. The maximum absolute atomic E-state index is 13.4. The molecule has 154 valence electrons. The van der Waals surface area contributed by atoms with Gasteiger partial charge in [0.15, 0.2) is 0 Å². The average Bonchev–Trinajstić information content (AvgIpc) is 3.20. The molecular formula is C21H18Cl2FN5O. The van der Waals surface area contributed by atoms with Gasteiger partial charge in [0.1, 0.15) is 24.1 Å². The van der Waals surface area contributed by atoms with E-state index in [0.717, 1.165) is 10.9 Å². The van der Waals surface area contributed by atoms with Gasteiger partial charge >= 0.3 is 0 Å². The first-order valence-electron chi connectivity index (χ1n) is 8.66. The van der Waals surface area contributed by atoms with Crippen LogP contribution in [0, 0.1) is 17.1 Å². The van der Waals surface area contributed by atoms with Crippen molar-refractivity contribution in [3.63, 3.8) is 0 Å². The standard InChI is InChI=1S/C21H16FN5O.2ClH/c22-18-5-3-17(4-6-18)21(28,12-27-14-24-13-25-27)10-19-7-2-16-9-15(11-23)1-8-20(16)26-19;;/h1-9,13-14,28H,10,12H2;2*1H. The Bertz CT molecular complexity index is 1160. The molecule has 1 atom stereocenters. The molecule has 2 aromatic carbocycles. The Hall–Kier alpha value is -3.05. The fourth-order valence-electron chi connectivity index (χ4n) is 3.23. The Kier molecular flexibility index (Phi) is 7.46. The molecule has 0 aliphatic heterocycles. The van der Waals surface area contributed by atoms with Crippen LogP contribution in [0.15, 0.2) is 67.3 Å². The smallest absolute Gasteiger partial charge is 0.137 e. The predicted molar refractivity (Wildman–Crippen MR) is 115 cm³/mol. The summed E-state index contributed by atoms with van der Waals surface area (Å²) in [5.74, 6) is -0.371. The zero-order valence-electron chi connectivity index (χ0n) is 15.6. The molecule has 6 nitrogen and oxygen atoms in total. The van der Waals surface area contributed by atoms with Crippen LogP contribution in [0.5, 0.6) is 0 Å². The number of aromatic nitrogens is 4. The van der Waals surface area contributed by atoms with Gasteiger partial charge in [0.05, 0.1) is 23.7 Å². The number of hydrogen-bond donors (Lipinski definition) is 1. The zero-order valence-corrected chi connectivity index (χ0v) is 17.3. The molecule has 1 N–H and O–H groups in total. The number of fused-ring (bicyclic) bond motifs is 1. The number of nitriles is 1. The highest BCUT2D eigenvalue weighted by atomic mass is 35.5. The second kappa shape index (κ2) is 9.63. The van der Waals surface area contributed by atoms with Crippen molar-refractivity contribution in [2.45, 2.75) is 18.6 Å². The van der Waals surface area contributed by atoms with Crippen LogP contribution in [0.3, 0.4) is 0 Å². The number of nitrogens with zero attached hydrogens (tertiary/aromatic N) is 5. The SMILES string of the molecule is Cl.Cl.N#Cc1ccc2nc(CC(O)(Cn3cncn3)c3ccc(F)cc3)ccc2c1. The Morgan fingerprint density at radius 3 is 2.50 bits per heavy atom. The van der Waals surface area contributed by atoms with Crippen molar-refractivity contribution in [2.75, 3.05) is 0 Å². The van der Waals surface area contributed by atoms with E-state index in [2.05, 4.69) is 21.1 Å². The lowest BCUT2D eigenvalue weighted by Gasteiger charge is -2.28. The summed E-state index contributed by atoms with van der Waals surface area (Å²) in [7, 11) is 0. The molecule has 0 radical (unpaired) electrons. The summed E-state index contributed by atoms with van der Waals surface area (Å²) < 4.78 is 14.9. The van der Waals surface area contributed by atoms with E-state index in [1.165, 1.54) is 29.5 Å². The third-order valence-corrected chi connectivity index (χ3v) is 4.62. The normalized spacial score (nSPS) is 12.3. The summed E-state index contributed by atoms with van der Waals surface area (Å²) in [5.41, 5.74) is 1.18. The molecule has 0 amide bonds. The summed E-state index contributed by atoms with van der Waals surface area (Å²) in [5, 5.41) is 25.4. The minimum atomic E-state index is -1.35. The second-order valence-corrected chi connectivity index (χ2v) is 6.63. The highest BCUT2D eigenvalue weighted by Crippen LogP contribution is 2.28. The highest BCUT2D eigenvalue weighted by Gasteiger charge is 2.31. The molecule has 0 saturated heterocycles. The van der Waals surface area contributed by atoms with Crippen LogP contribution in [0.4, 0.5) is 4.39 Å². The molecule has 2 heterocycles. The summed E-state index contributed by atoms with van der Waals surface area (Å²) in [6, 6.07) is 16.8. The monoisotopic (exact) mass is 445 g/mol. The average molecular weight is 446 g/mol. The van der Waals surface area contributed by atoms with Crippen molar-refractivity contribution >= 4 is 35.7 Å². The fourth-order valence-corrected chi connectivity index (χ4v) is 3.23. The van der Waals surface area contributed by atoms with E-state index in [1.807, 2.05) is 12.1 Å². The molecule has 4 rings (SSSR count). The summed E-state index contributed by atoms with van der Waals surface area (Å²) in [4.78, 5) is 8.54. The Labute approximate surface area is 184 Å². The number of benzene rings is 2. The molecule has 0 spiro atoms. The van der Waals surface area contributed by atoms with E-state index in [-0.39, 0.29) is 43.6 Å². The lowest BCUT2D eigenvalue weighted by Crippen LogP contribution is -2.34. The summed E-state index contributed by atoms with van der Waals surface area (Å²) >= 11 is 0. The molecule has 0 aliphatic carbocycles. The van der Waals surface area contributed by atoms with Crippen molar-refractivity contribution in [1.29, 1.82) is 5.26 Å². The lowest BCUT2D eigenvalue weighted by atomic mass is 9.88. The van der Waals surface area contributed by atoms with Crippen LogP contribution in [0.25, 0.3) is 10.9 Å². The first-order chi connectivity index (χ1) is 13.6. The number of pyridine rings is 1. The van der Waals surface area contributed by atoms with Gasteiger partial charge in [-0.1, -0.05) is 18.2 Å². The quantitative estimate of drug-likeness (QED) is 0.504. The Balaban J connectivity index is 0.00000160. The molecule has 0 saturated carbocycles. The molecule has 0 fully saturated rings. The molecule has 1 unspecified atom stereocenters. The van der Waals surface area contributed by atoms with Crippen molar-refractivity contribution in [3.8, 4) is 6.07 Å². The van der Waals surface area contributed by atoms with Gasteiger partial charge in [-0.25, -0.2) is 14.1 Å². The van der Waals surface area contributed by atoms with Gasteiger partial charge in [0, 0.05) is 17.5 Å². The molecule has 2 aromatic heterocycles. The first kappa shape index (κ1) is 23.2. The zero-order chi connectivity index (χ0) is 19.6. The number of rotatable bonds is 5. The molecule has 0 bridgehead atoms. The van der Waals surface area contributed by atoms with Gasteiger partial charge in [-0.05, 0) is 42.0 Å². The third-order valence-electron chi connectivity index (χ3n) is 4.62. The van der Waals surface area contributed by atoms with E-state index in [0.29, 0.717) is 16.8 Å². The van der Waals surface area contributed by atoms with Crippen molar-refractivity contribution in [1.82, 2.24) is 19.7 Å².